The van der Waals surface area contributed by atoms with Crippen molar-refractivity contribution >= 4 is 11.9 Å². The van der Waals surface area contributed by atoms with Crippen molar-refractivity contribution in [2.75, 3.05) is 13.2 Å². The Hall–Kier alpha value is -1.66. The number of amides is 1. The number of rotatable bonds is 59. The molecule has 2 atom stereocenters. The van der Waals surface area contributed by atoms with Crippen molar-refractivity contribution in [2.45, 2.75) is 360 Å². The van der Waals surface area contributed by atoms with E-state index >= 15 is 0 Å². The molecule has 0 aromatic rings. The number of aliphatic hydroxyl groups is 2. The second-order valence-electron chi connectivity index (χ2n) is 21.7. The summed E-state index contributed by atoms with van der Waals surface area (Å²) in [4.78, 5) is 24.5. The Balaban J connectivity index is 3.36. The lowest BCUT2D eigenvalue weighted by atomic mass is 10.0. The maximum atomic E-state index is 12.4. The molecule has 0 heterocycles. The van der Waals surface area contributed by atoms with Crippen LogP contribution in [0.5, 0.6) is 0 Å². The minimum Gasteiger partial charge on any atom is -0.466 e. The molecule has 1 amide bonds. The number of carbonyl (C=O) groups excluding carboxylic acids is 2. The van der Waals surface area contributed by atoms with E-state index in [2.05, 4.69) is 43.5 Å². The summed E-state index contributed by atoms with van der Waals surface area (Å²) in [5.41, 5.74) is 0. The van der Waals surface area contributed by atoms with Gasteiger partial charge in [0.2, 0.25) is 5.91 Å². The molecule has 2 unspecified atom stereocenters. The summed E-state index contributed by atoms with van der Waals surface area (Å²) in [5.74, 6) is -0.0280. The standard InChI is InChI=1S/C64H123NO5/c1-3-5-7-9-11-13-15-16-17-18-29-32-35-38-42-46-50-54-58-64(69)70-59-55-51-47-43-39-36-33-30-27-25-23-21-19-20-22-24-26-28-31-34-37-41-45-49-53-57-63(68)65-61(60-66)62(67)56-52-48-44-40-14-12-10-8-6-4-2/h17-18,20,22,61-62,66-67H,3-16,19,21,23-60H2,1-2H3,(H,65,68)/b18-17-,22-20-. The third kappa shape index (κ3) is 55.7. The lowest BCUT2D eigenvalue weighted by Gasteiger charge is -2.22. The van der Waals surface area contributed by atoms with Crippen molar-refractivity contribution in [3.63, 3.8) is 0 Å². The number of allylic oxidation sites excluding steroid dienone is 4. The minimum absolute atomic E-state index is 0.0108. The van der Waals surface area contributed by atoms with E-state index in [9.17, 15) is 19.8 Å². The quantitative estimate of drug-likeness (QED) is 0.0321. The third-order valence-corrected chi connectivity index (χ3v) is 14.7. The Morgan fingerprint density at radius 2 is 0.671 bits per heavy atom. The smallest absolute Gasteiger partial charge is 0.305 e. The van der Waals surface area contributed by atoms with Gasteiger partial charge in [-0.3, -0.25) is 9.59 Å². The Morgan fingerprint density at radius 3 is 1.01 bits per heavy atom. The summed E-state index contributed by atoms with van der Waals surface area (Å²) in [6, 6.07) is -0.542. The van der Waals surface area contributed by atoms with Gasteiger partial charge >= 0.3 is 5.97 Å². The molecule has 70 heavy (non-hydrogen) atoms. The van der Waals surface area contributed by atoms with Gasteiger partial charge in [0.15, 0.2) is 0 Å². The highest BCUT2D eigenvalue weighted by Crippen LogP contribution is 2.17. The van der Waals surface area contributed by atoms with E-state index < -0.39 is 12.1 Å². The van der Waals surface area contributed by atoms with Crippen LogP contribution in [0, 0.1) is 0 Å². The molecule has 414 valence electrons. The summed E-state index contributed by atoms with van der Waals surface area (Å²) in [5, 5.41) is 23.2. The normalized spacial score (nSPS) is 12.7. The van der Waals surface area contributed by atoms with Crippen molar-refractivity contribution in [3.8, 4) is 0 Å². The fraction of sp³-hybridized carbons (Fsp3) is 0.906. The van der Waals surface area contributed by atoms with Crippen molar-refractivity contribution in [1.82, 2.24) is 5.32 Å². The van der Waals surface area contributed by atoms with Crippen molar-refractivity contribution in [2.24, 2.45) is 0 Å². The molecule has 0 rings (SSSR count). The van der Waals surface area contributed by atoms with Crippen LogP contribution in [0.15, 0.2) is 24.3 Å². The zero-order valence-electron chi connectivity index (χ0n) is 47.3. The van der Waals surface area contributed by atoms with Crippen LogP contribution < -0.4 is 5.32 Å². The predicted molar refractivity (Wildman–Crippen MR) is 306 cm³/mol. The first-order chi connectivity index (χ1) is 34.5. The zero-order chi connectivity index (χ0) is 50.7. The number of carbonyl (C=O) groups is 2. The molecular formula is C64H123NO5. The molecule has 0 aromatic carbocycles. The number of aliphatic hydroxyl groups excluding tert-OH is 2. The number of esters is 1. The van der Waals surface area contributed by atoms with E-state index in [0.717, 1.165) is 44.9 Å². The summed E-state index contributed by atoms with van der Waals surface area (Å²) >= 11 is 0. The highest BCUT2D eigenvalue weighted by molar-refractivity contribution is 5.76. The van der Waals surface area contributed by atoms with E-state index in [-0.39, 0.29) is 18.5 Å². The van der Waals surface area contributed by atoms with Gasteiger partial charge in [-0.15, -0.1) is 0 Å². The molecule has 3 N–H and O–H groups in total. The average Bonchev–Trinajstić information content (AvgIpc) is 3.36. The molecule has 6 heteroatoms. The first-order valence-corrected chi connectivity index (χ1v) is 31.6. The van der Waals surface area contributed by atoms with Crippen LogP contribution in [-0.4, -0.2) is 47.4 Å². The van der Waals surface area contributed by atoms with Gasteiger partial charge < -0.3 is 20.3 Å². The van der Waals surface area contributed by atoms with Crippen molar-refractivity contribution in [3.05, 3.63) is 24.3 Å². The van der Waals surface area contributed by atoms with Gasteiger partial charge in [-0.05, 0) is 77.0 Å². The Bertz CT molecular complexity index is 1090. The zero-order valence-corrected chi connectivity index (χ0v) is 47.3. The van der Waals surface area contributed by atoms with E-state index in [4.69, 9.17) is 4.74 Å². The summed E-state index contributed by atoms with van der Waals surface area (Å²) < 4.78 is 5.50. The second-order valence-corrected chi connectivity index (χ2v) is 21.7. The number of unbranched alkanes of at least 4 members (excludes halogenated alkanes) is 44. The van der Waals surface area contributed by atoms with Crippen LogP contribution in [0.4, 0.5) is 0 Å². The number of hydrogen-bond donors (Lipinski definition) is 3. The van der Waals surface area contributed by atoms with Gasteiger partial charge in [-0.25, -0.2) is 0 Å². The van der Waals surface area contributed by atoms with Gasteiger partial charge in [0.05, 0.1) is 25.4 Å². The third-order valence-electron chi connectivity index (χ3n) is 14.7. The summed E-state index contributed by atoms with van der Waals surface area (Å²) in [6.07, 6.45) is 73.5. The molecule has 0 aliphatic rings. The average molecular weight is 987 g/mol. The fourth-order valence-electron chi connectivity index (χ4n) is 9.87. The van der Waals surface area contributed by atoms with Crippen LogP contribution in [0.3, 0.4) is 0 Å². The minimum atomic E-state index is -0.664. The van der Waals surface area contributed by atoms with E-state index in [1.807, 2.05) is 0 Å². The lowest BCUT2D eigenvalue weighted by Crippen LogP contribution is -2.45. The maximum absolute atomic E-state index is 12.4. The van der Waals surface area contributed by atoms with Crippen LogP contribution in [-0.2, 0) is 14.3 Å². The van der Waals surface area contributed by atoms with Crippen molar-refractivity contribution in [1.29, 1.82) is 0 Å². The lowest BCUT2D eigenvalue weighted by molar-refractivity contribution is -0.143. The largest absolute Gasteiger partial charge is 0.466 e. The Labute approximate surface area is 437 Å². The van der Waals surface area contributed by atoms with Crippen LogP contribution in [0.2, 0.25) is 0 Å². The monoisotopic (exact) mass is 986 g/mol. The first kappa shape index (κ1) is 68.3. The SMILES string of the molecule is CCCCCCCCC/C=C\CCCCCCCCCC(=O)OCCCCCCCCCCCCCC/C=C\CCCCCCCCCCCC(=O)NC(CO)C(O)CCCCCCCCCCCC. The number of ether oxygens (including phenoxy) is 1. The number of hydrogen-bond acceptors (Lipinski definition) is 5. The van der Waals surface area contributed by atoms with Gasteiger partial charge in [-0.2, -0.15) is 0 Å². The van der Waals surface area contributed by atoms with E-state index in [1.54, 1.807) is 0 Å². The molecule has 0 bridgehead atoms. The molecule has 0 spiro atoms. The molecule has 0 saturated carbocycles. The molecule has 0 aliphatic heterocycles. The molecule has 0 saturated heterocycles. The van der Waals surface area contributed by atoms with Crippen LogP contribution >= 0.6 is 0 Å². The second kappa shape index (κ2) is 59.9. The molecule has 6 nitrogen and oxygen atoms in total. The fourth-order valence-corrected chi connectivity index (χ4v) is 9.87. The topological polar surface area (TPSA) is 95.9 Å². The highest BCUT2D eigenvalue weighted by atomic mass is 16.5. The molecular weight excluding hydrogens is 863 g/mol. The van der Waals surface area contributed by atoms with Crippen molar-refractivity contribution < 1.29 is 24.5 Å². The number of nitrogens with one attached hydrogen (secondary N) is 1. The Morgan fingerprint density at radius 1 is 0.386 bits per heavy atom. The predicted octanol–water partition coefficient (Wildman–Crippen LogP) is 19.8. The molecule has 0 radical (unpaired) electrons. The molecule has 0 aromatic heterocycles. The highest BCUT2D eigenvalue weighted by Gasteiger charge is 2.20. The van der Waals surface area contributed by atoms with E-state index in [0.29, 0.717) is 25.9 Å². The molecule has 0 fully saturated rings. The first-order valence-electron chi connectivity index (χ1n) is 31.6. The van der Waals surface area contributed by atoms with Crippen LogP contribution in [0.1, 0.15) is 348 Å². The Kier molecular flexibility index (Phi) is 58.5. The maximum Gasteiger partial charge on any atom is 0.305 e. The van der Waals surface area contributed by atoms with Gasteiger partial charge in [0, 0.05) is 12.8 Å². The van der Waals surface area contributed by atoms with Gasteiger partial charge in [-0.1, -0.05) is 282 Å². The molecule has 0 aliphatic carbocycles. The van der Waals surface area contributed by atoms with E-state index in [1.165, 1.54) is 270 Å². The summed E-state index contributed by atoms with van der Waals surface area (Å²) in [7, 11) is 0. The van der Waals surface area contributed by atoms with Gasteiger partial charge in [0.1, 0.15) is 0 Å². The van der Waals surface area contributed by atoms with Crippen LogP contribution in [0.25, 0.3) is 0 Å². The van der Waals surface area contributed by atoms with Gasteiger partial charge in [0.25, 0.3) is 0 Å². The summed E-state index contributed by atoms with van der Waals surface area (Å²) in [6.45, 7) is 4.95.